The molecule has 0 aliphatic rings. The number of benzene rings is 2. The Morgan fingerprint density at radius 2 is 1.75 bits per heavy atom. The molecule has 1 amide bonds. The molecule has 124 valence electrons. The van der Waals surface area contributed by atoms with Crippen molar-refractivity contribution < 1.29 is 14.3 Å². The number of carbonyl (C=O) groups excluding carboxylic acids is 1. The Bertz CT molecular complexity index is 893. The second-order valence-corrected chi connectivity index (χ2v) is 6.61. The second-order valence-electron chi connectivity index (χ2n) is 5.38. The van der Waals surface area contributed by atoms with Crippen molar-refractivity contribution in [3.8, 4) is 11.5 Å². The Labute approximate surface area is 144 Å². The van der Waals surface area contributed by atoms with Gasteiger partial charge in [-0.15, -0.1) is 11.3 Å². The van der Waals surface area contributed by atoms with E-state index in [0.717, 1.165) is 26.5 Å². The molecule has 5 nitrogen and oxygen atoms in total. The van der Waals surface area contributed by atoms with Crippen molar-refractivity contribution in [2.45, 2.75) is 13.8 Å². The van der Waals surface area contributed by atoms with E-state index in [2.05, 4.69) is 10.3 Å². The lowest BCUT2D eigenvalue weighted by atomic mass is 10.1. The number of aromatic nitrogens is 1. The van der Waals surface area contributed by atoms with Crippen LogP contribution in [0.15, 0.2) is 30.3 Å². The quantitative estimate of drug-likeness (QED) is 0.772. The molecule has 24 heavy (non-hydrogen) atoms. The van der Waals surface area contributed by atoms with Gasteiger partial charge in [0.05, 0.1) is 29.4 Å². The Hall–Kier alpha value is -2.60. The second kappa shape index (κ2) is 6.49. The summed E-state index contributed by atoms with van der Waals surface area (Å²) in [4.78, 5) is 17.0. The Morgan fingerprint density at radius 3 is 2.38 bits per heavy atom. The predicted molar refractivity (Wildman–Crippen MR) is 96.6 cm³/mol. The van der Waals surface area contributed by atoms with E-state index in [-0.39, 0.29) is 5.91 Å². The highest BCUT2D eigenvalue weighted by molar-refractivity contribution is 7.18. The summed E-state index contributed by atoms with van der Waals surface area (Å²) in [6, 6.07) is 9.11. The fraction of sp³-hybridized carbons (Fsp3) is 0.222. The molecule has 0 atom stereocenters. The predicted octanol–water partition coefficient (Wildman–Crippen LogP) is 4.18. The number of rotatable bonds is 4. The first kappa shape index (κ1) is 16.3. The number of nitrogens with one attached hydrogen (secondary N) is 1. The highest BCUT2D eigenvalue weighted by Gasteiger charge is 2.14. The van der Waals surface area contributed by atoms with E-state index >= 15 is 0 Å². The number of nitrogens with zero attached hydrogens (tertiary/aromatic N) is 1. The average Bonchev–Trinajstić information content (AvgIpc) is 2.94. The smallest absolute Gasteiger partial charge is 0.255 e. The molecule has 0 aliphatic carbocycles. The molecule has 0 aliphatic heterocycles. The van der Waals surface area contributed by atoms with E-state index in [1.165, 1.54) is 0 Å². The van der Waals surface area contributed by atoms with Crippen molar-refractivity contribution in [2.75, 3.05) is 19.5 Å². The molecule has 2 aromatic carbocycles. The summed E-state index contributed by atoms with van der Waals surface area (Å²) in [7, 11) is 3.15. The summed E-state index contributed by atoms with van der Waals surface area (Å²) >= 11 is 1.60. The molecule has 0 spiro atoms. The van der Waals surface area contributed by atoms with Gasteiger partial charge in [-0.1, -0.05) is 0 Å². The lowest BCUT2D eigenvalue weighted by Gasteiger charge is -2.12. The van der Waals surface area contributed by atoms with Crippen molar-refractivity contribution in [2.24, 2.45) is 0 Å². The highest BCUT2D eigenvalue weighted by atomic mass is 32.1. The number of carbonyl (C=O) groups is 1. The van der Waals surface area contributed by atoms with E-state index in [4.69, 9.17) is 9.47 Å². The molecule has 0 fully saturated rings. The Morgan fingerprint density at radius 1 is 1.08 bits per heavy atom. The van der Waals surface area contributed by atoms with E-state index < -0.39 is 0 Å². The number of hydrogen-bond acceptors (Lipinski definition) is 5. The normalized spacial score (nSPS) is 10.7. The van der Waals surface area contributed by atoms with Crippen LogP contribution in [0.2, 0.25) is 0 Å². The van der Waals surface area contributed by atoms with E-state index in [9.17, 15) is 4.79 Å². The maximum Gasteiger partial charge on any atom is 0.255 e. The van der Waals surface area contributed by atoms with Gasteiger partial charge < -0.3 is 14.8 Å². The van der Waals surface area contributed by atoms with Gasteiger partial charge in [0, 0.05) is 16.8 Å². The van der Waals surface area contributed by atoms with Crippen molar-refractivity contribution in [3.63, 3.8) is 0 Å². The highest BCUT2D eigenvalue weighted by Crippen LogP contribution is 2.30. The Balaban J connectivity index is 1.90. The molecular weight excluding hydrogens is 324 g/mol. The van der Waals surface area contributed by atoms with Gasteiger partial charge in [0.1, 0.15) is 11.5 Å². The third-order valence-electron chi connectivity index (χ3n) is 3.77. The number of methoxy groups -OCH3 is 2. The molecule has 0 unspecified atom stereocenters. The van der Waals surface area contributed by atoms with Gasteiger partial charge in [-0.2, -0.15) is 0 Å². The molecule has 6 heteroatoms. The van der Waals surface area contributed by atoms with E-state index in [1.54, 1.807) is 37.7 Å². The number of thiazole rings is 1. The summed E-state index contributed by atoms with van der Waals surface area (Å²) < 4.78 is 11.7. The van der Waals surface area contributed by atoms with E-state index in [1.807, 2.05) is 32.0 Å². The van der Waals surface area contributed by atoms with Crippen molar-refractivity contribution in [3.05, 3.63) is 46.5 Å². The van der Waals surface area contributed by atoms with Crippen LogP contribution >= 0.6 is 11.3 Å². The number of anilines is 1. The minimum absolute atomic E-state index is 0.216. The Kier molecular flexibility index (Phi) is 4.40. The third kappa shape index (κ3) is 3.05. The molecule has 3 rings (SSSR count). The van der Waals surface area contributed by atoms with Crippen molar-refractivity contribution >= 4 is 33.1 Å². The molecule has 3 aromatic rings. The van der Waals surface area contributed by atoms with Gasteiger partial charge >= 0.3 is 0 Å². The van der Waals surface area contributed by atoms with Crippen LogP contribution in [-0.2, 0) is 0 Å². The van der Waals surface area contributed by atoms with Gasteiger partial charge in [-0.25, -0.2) is 4.98 Å². The molecule has 0 saturated heterocycles. The summed E-state index contributed by atoms with van der Waals surface area (Å²) in [5.41, 5.74) is 3.01. The van der Waals surface area contributed by atoms with Crippen LogP contribution in [0.5, 0.6) is 11.5 Å². The van der Waals surface area contributed by atoms with Crippen molar-refractivity contribution in [1.82, 2.24) is 4.98 Å². The zero-order valence-corrected chi connectivity index (χ0v) is 14.8. The van der Waals surface area contributed by atoms with Crippen LogP contribution < -0.4 is 14.8 Å². The zero-order chi connectivity index (χ0) is 17.3. The van der Waals surface area contributed by atoms with Gasteiger partial charge in [0.25, 0.3) is 5.91 Å². The zero-order valence-electron chi connectivity index (χ0n) is 14.0. The molecule has 1 heterocycles. The minimum atomic E-state index is -0.216. The van der Waals surface area contributed by atoms with Crippen LogP contribution in [0.4, 0.5) is 5.69 Å². The van der Waals surface area contributed by atoms with Crippen LogP contribution in [0.3, 0.4) is 0 Å². The van der Waals surface area contributed by atoms with Crippen LogP contribution in [-0.4, -0.2) is 25.1 Å². The largest absolute Gasteiger partial charge is 0.496 e. The first-order chi connectivity index (χ1) is 11.5. The van der Waals surface area contributed by atoms with Crippen molar-refractivity contribution in [1.29, 1.82) is 0 Å². The van der Waals surface area contributed by atoms with Gasteiger partial charge in [0.15, 0.2) is 0 Å². The number of hydrogen-bond donors (Lipinski definition) is 1. The van der Waals surface area contributed by atoms with Crippen LogP contribution in [0.1, 0.15) is 20.9 Å². The first-order valence-electron chi connectivity index (χ1n) is 7.43. The fourth-order valence-corrected chi connectivity index (χ4v) is 3.40. The standard InChI is InChI=1S/C18H18N2O3S/c1-10-15(22-3)7-12(8-16(10)23-4)18(21)20-13-5-6-14-17(9-13)24-11(2)19-14/h5-9H,1-4H3,(H,20,21). The lowest BCUT2D eigenvalue weighted by molar-refractivity contribution is 0.102. The van der Waals surface area contributed by atoms with Crippen LogP contribution in [0.25, 0.3) is 10.2 Å². The molecule has 0 saturated carbocycles. The summed E-state index contributed by atoms with van der Waals surface area (Å²) in [5.74, 6) is 1.02. The molecule has 1 aromatic heterocycles. The molecule has 0 radical (unpaired) electrons. The number of ether oxygens (including phenoxy) is 2. The maximum absolute atomic E-state index is 12.6. The van der Waals surface area contributed by atoms with Gasteiger partial charge in [-0.05, 0) is 44.2 Å². The number of amides is 1. The maximum atomic E-state index is 12.6. The van der Waals surface area contributed by atoms with E-state index in [0.29, 0.717) is 17.1 Å². The minimum Gasteiger partial charge on any atom is -0.496 e. The molecule has 1 N–H and O–H groups in total. The third-order valence-corrected chi connectivity index (χ3v) is 4.70. The van der Waals surface area contributed by atoms with Crippen LogP contribution in [0, 0.1) is 13.8 Å². The SMILES string of the molecule is COc1cc(C(=O)Nc2ccc3nc(C)sc3c2)cc(OC)c1C. The monoisotopic (exact) mass is 342 g/mol. The summed E-state index contributed by atoms with van der Waals surface area (Å²) in [6.45, 7) is 3.85. The molecular formula is C18H18N2O3S. The lowest BCUT2D eigenvalue weighted by Crippen LogP contribution is -2.12. The number of aryl methyl sites for hydroxylation is 1. The summed E-state index contributed by atoms with van der Waals surface area (Å²) in [5, 5.41) is 3.91. The van der Waals surface area contributed by atoms with Gasteiger partial charge in [-0.3, -0.25) is 4.79 Å². The topological polar surface area (TPSA) is 60.5 Å². The van der Waals surface area contributed by atoms with Gasteiger partial charge in [0.2, 0.25) is 0 Å². The first-order valence-corrected chi connectivity index (χ1v) is 8.24. The molecule has 0 bridgehead atoms. The number of fused-ring (bicyclic) bond motifs is 1. The fourth-order valence-electron chi connectivity index (χ4n) is 2.54. The summed E-state index contributed by atoms with van der Waals surface area (Å²) in [6.07, 6.45) is 0. The average molecular weight is 342 g/mol.